The second-order valence-corrected chi connectivity index (χ2v) is 29.3. The van der Waals surface area contributed by atoms with Crippen LogP contribution in [0.4, 0.5) is 0 Å². The van der Waals surface area contributed by atoms with Crippen LogP contribution in [0.3, 0.4) is 0 Å². The summed E-state index contributed by atoms with van der Waals surface area (Å²) in [6.07, 6.45) is 14.8. The standard InChI is InChI=1S/C22H17NO2S.C17H14O2S.2C16H13NO2S.3C2H6/c1-26(25)12-10-18-8-7-16(14-22(18)26)13-21(24)19-9-11-23-20(15-19)17-5-3-2-4-6-17;1-20(19)10-9-15-8-7-13(12-17(15)20)11-16(18)14-5-3-2-4-6-14;1-20(19)8-6-13-5-4-12(10-16(13)20)9-15(18)14-3-2-7-17-11-14;1-20(19)9-7-13-6-5-12(11-16(13)20)10-15(18)14-4-2-3-8-17-14;3*1-2/h2-12,14-15H,1,13H2;2-10,12H,1,11H2;2-8,10-11H,1,9H2;2-9,11H,1,10H2;3*1-2H3. The van der Waals surface area contributed by atoms with Gasteiger partial charge in [-0.25, -0.2) is 0 Å². The number of benzene rings is 6. The van der Waals surface area contributed by atoms with Crippen molar-refractivity contribution in [2.24, 2.45) is 0 Å². The van der Waals surface area contributed by atoms with E-state index in [1.54, 1.807) is 82.8 Å². The number of aromatic nitrogens is 3. The summed E-state index contributed by atoms with van der Waals surface area (Å²) < 4.78 is 49.1. The SMILES string of the molecule is C=S1(=O)C=Cc2ccc(CC(=O)c3ccccc3)cc21.C=S1(=O)C=Cc2ccc(CC(=O)c3ccccn3)cc21.C=S1(=O)C=Cc2ccc(CC(=O)c3cccnc3)cc21.C=S1(=O)C=Cc2ccc(CC(=O)c3ccnc(-c4ccccc4)c3)cc21.CC.CC.CC. The zero-order valence-electron chi connectivity index (χ0n) is 52.6. The first-order chi connectivity index (χ1) is 44.2. The monoisotopic (exact) mass is 1300 g/mol. The molecule has 3 aromatic heterocycles. The molecule has 4 aliphatic rings. The summed E-state index contributed by atoms with van der Waals surface area (Å²) in [6, 6.07) is 53.7. The minimum atomic E-state index is -2.37. The third kappa shape index (κ3) is 17.9. The highest BCUT2D eigenvalue weighted by atomic mass is 32.2. The number of fused-ring (bicyclic) bond motifs is 4. The summed E-state index contributed by atoms with van der Waals surface area (Å²) in [5.41, 5.74) is 11.2. The zero-order chi connectivity index (χ0) is 66.6. The molecule has 4 unspecified atom stereocenters. The second kappa shape index (κ2) is 32.0. The summed E-state index contributed by atoms with van der Waals surface area (Å²) in [5.74, 6) is 15.0. The van der Waals surface area contributed by atoms with Gasteiger partial charge in [0.05, 0.1) is 5.69 Å². The minimum absolute atomic E-state index is 0.000401. The molecule has 15 heteroatoms. The van der Waals surface area contributed by atoms with Crippen molar-refractivity contribution in [2.45, 2.75) is 86.8 Å². The second-order valence-electron chi connectivity index (χ2n) is 20.6. The molecular weight excluding hydrogens is 1220 g/mol. The number of carbonyl (C=O) groups is 4. The smallest absolute Gasteiger partial charge is 0.185 e. The lowest BCUT2D eigenvalue weighted by Gasteiger charge is -2.07. The molecule has 6 aromatic carbocycles. The Hall–Kier alpha value is -9.51. The molecule has 0 amide bonds. The molecule has 0 saturated heterocycles. The molecule has 4 aliphatic heterocycles. The molecule has 4 atom stereocenters. The summed E-state index contributed by atoms with van der Waals surface area (Å²) in [6.45, 7) is 12.0. The van der Waals surface area contributed by atoms with E-state index >= 15 is 0 Å². The number of Topliss-reactive ketones (excluding diaryl/α,β-unsaturated/α-hetero) is 4. The molecule has 9 aromatic rings. The lowest BCUT2D eigenvalue weighted by molar-refractivity contribution is 0.0981. The van der Waals surface area contributed by atoms with Crippen molar-refractivity contribution in [3.8, 4) is 11.3 Å². The molecule has 0 radical (unpaired) electrons. The predicted octanol–water partition coefficient (Wildman–Crippen LogP) is 15.6. The van der Waals surface area contributed by atoms with Crippen molar-refractivity contribution in [2.75, 3.05) is 0 Å². The van der Waals surface area contributed by atoms with Gasteiger partial charge < -0.3 is 0 Å². The van der Waals surface area contributed by atoms with Crippen LogP contribution in [0.15, 0.2) is 242 Å². The van der Waals surface area contributed by atoms with Crippen molar-refractivity contribution in [3.63, 3.8) is 0 Å². The quantitative estimate of drug-likeness (QED) is 0.0793. The lowest BCUT2D eigenvalue weighted by atomic mass is 10.0. The first kappa shape index (κ1) is 70.0. The van der Waals surface area contributed by atoms with Crippen molar-refractivity contribution in [1.29, 1.82) is 0 Å². The van der Waals surface area contributed by atoms with E-state index in [1.807, 2.05) is 205 Å². The maximum atomic E-state index is 12.7. The van der Waals surface area contributed by atoms with E-state index in [-0.39, 0.29) is 42.4 Å². The molecule has 13 rings (SSSR count). The minimum Gasteiger partial charge on any atom is -0.294 e. The lowest BCUT2D eigenvalue weighted by Crippen LogP contribution is -2.06. The molecule has 7 heterocycles. The number of ketones is 4. The van der Waals surface area contributed by atoms with Crippen LogP contribution in [0.1, 0.15) is 128 Å². The third-order valence-electron chi connectivity index (χ3n) is 14.3. The first-order valence-corrected chi connectivity index (χ1v) is 37.1. The fraction of sp³-hybridized carbons (Fsp3) is 0.130. The van der Waals surface area contributed by atoms with Crippen molar-refractivity contribution in [3.05, 3.63) is 289 Å². The number of nitrogens with zero attached hydrogens (tertiary/aromatic N) is 3. The van der Waals surface area contributed by atoms with Gasteiger partial charge in [0.15, 0.2) is 23.1 Å². The van der Waals surface area contributed by atoms with E-state index in [0.29, 0.717) is 43.5 Å². The van der Waals surface area contributed by atoms with Crippen LogP contribution in [0.5, 0.6) is 0 Å². The van der Waals surface area contributed by atoms with Gasteiger partial charge in [0.2, 0.25) is 0 Å². The van der Waals surface area contributed by atoms with Crippen LogP contribution in [0.2, 0.25) is 0 Å². The van der Waals surface area contributed by atoms with Gasteiger partial charge in [-0.05, 0) is 175 Å². The molecule has 470 valence electrons. The van der Waals surface area contributed by atoms with Crippen molar-refractivity contribution >= 4 is 109 Å². The molecule has 0 fully saturated rings. The Morgan fingerprint density at radius 3 is 1.11 bits per heavy atom. The molecular formula is C77H75N3O8S4. The van der Waals surface area contributed by atoms with Crippen LogP contribution in [0, 0.1) is 0 Å². The summed E-state index contributed by atoms with van der Waals surface area (Å²) in [4.78, 5) is 64.4. The number of rotatable bonds is 13. The number of hydrogen-bond acceptors (Lipinski definition) is 11. The Labute approximate surface area is 543 Å². The van der Waals surface area contributed by atoms with E-state index in [4.69, 9.17) is 0 Å². The zero-order valence-corrected chi connectivity index (χ0v) is 55.8. The van der Waals surface area contributed by atoms with E-state index in [1.165, 1.54) is 0 Å². The van der Waals surface area contributed by atoms with Crippen LogP contribution in [-0.2, 0) is 63.8 Å². The van der Waals surface area contributed by atoms with Crippen LogP contribution >= 0.6 is 0 Å². The average molecular weight is 1300 g/mol. The van der Waals surface area contributed by atoms with Gasteiger partial charge in [-0.3, -0.25) is 51.0 Å². The van der Waals surface area contributed by atoms with Gasteiger partial charge in [-0.2, -0.15) is 0 Å². The van der Waals surface area contributed by atoms with Gasteiger partial charge in [-0.15, -0.1) is 0 Å². The Balaban J connectivity index is 0.000000170. The van der Waals surface area contributed by atoms with E-state index in [2.05, 4.69) is 38.4 Å². The fourth-order valence-electron chi connectivity index (χ4n) is 9.72. The molecule has 0 bridgehead atoms. The molecule has 0 saturated carbocycles. The Morgan fingerprint density at radius 2 is 0.717 bits per heavy atom. The first-order valence-electron chi connectivity index (χ1n) is 29.9. The van der Waals surface area contributed by atoms with Gasteiger partial charge in [0.1, 0.15) is 5.69 Å². The van der Waals surface area contributed by atoms with Gasteiger partial charge >= 0.3 is 0 Å². The van der Waals surface area contributed by atoms with Crippen LogP contribution < -0.4 is 0 Å². The number of hydrogen-bond donors (Lipinski definition) is 0. The highest BCUT2D eigenvalue weighted by Gasteiger charge is 2.21. The third-order valence-corrected chi connectivity index (χ3v) is 21.0. The normalized spacial score (nSPS) is 18.2. The molecule has 92 heavy (non-hydrogen) atoms. The van der Waals surface area contributed by atoms with Crippen molar-refractivity contribution in [1.82, 2.24) is 15.0 Å². The maximum absolute atomic E-state index is 12.7. The van der Waals surface area contributed by atoms with Gasteiger partial charge in [-0.1, -0.05) is 157 Å². The Kier molecular flexibility index (Phi) is 24.3. The summed E-state index contributed by atoms with van der Waals surface area (Å²) >= 11 is 0. The fourth-order valence-corrected chi connectivity index (χ4v) is 15.3. The topological polar surface area (TPSA) is 175 Å². The summed E-state index contributed by atoms with van der Waals surface area (Å²) in [5, 5.41) is 6.53. The molecule has 0 aliphatic carbocycles. The van der Waals surface area contributed by atoms with Crippen molar-refractivity contribution < 1.29 is 36.0 Å². The molecule has 0 N–H and O–H groups in total. The highest BCUT2D eigenvalue weighted by molar-refractivity contribution is 8.04. The Morgan fingerprint density at radius 1 is 0.348 bits per heavy atom. The Bertz CT molecular complexity index is 4420. The van der Waals surface area contributed by atoms with Crippen LogP contribution in [-0.4, -0.2) is 78.4 Å². The van der Waals surface area contributed by atoms with E-state index in [0.717, 1.165) is 60.7 Å². The maximum Gasteiger partial charge on any atom is 0.185 e. The largest absolute Gasteiger partial charge is 0.294 e. The molecule has 11 nitrogen and oxygen atoms in total. The number of carbonyl (C=O) groups excluding carboxylic acids is 4. The molecule has 0 spiro atoms. The highest BCUT2D eigenvalue weighted by Crippen LogP contribution is 2.32. The van der Waals surface area contributed by atoms with Gasteiger partial charge in [0, 0.05) is 130 Å². The predicted molar refractivity (Wildman–Crippen MR) is 387 cm³/mol. The van der Waals surface area contributed by atoms with Gasteiger partial charge in [0.25, 0.3) is 0 Å². The van der Waals surface area contributed by atoms with E-state index in [9.17, 15) is 36.0 Å². The average Bonchev–Trinajstić information content (AvgIpc) is 1.67. The van der Waals surface area contributed by atoms with E-state index < -0.39 is 38.1 Å². The summed E-state index contributed by atoms with van der Waals surface area (Å²) in [7, 11) is -9.36. The van der Waals surface area contributed by atoms with Crippen LogP contribution in [0.25, 0.3) is 35.6 Å². The number of pyridine rings is 3.